The van der Waals surface area contributed by atoms with Crippen LogP contribution in [0.4, 0.5) is 0 Å². The Morgan fingerprint density at radius 1 is 1.31 bits per heavy atom. The molecule has 1 aliphatic rings. The van der Waals surface area contributed by atoms with Crippen molar-refractivity contribution in [1.82, 2.24) is 10.2 Å². The smallest absolute Gasteiger partial charge is 0.329 e. The van der Waals surface area contributed by atoms with Crippen molar-refractivity contribution < 1.29 is 19.1 Å². The number of carbonyl (C=O) groups is 3. The molecule has 2 amide bonds. The number of nitrogens with one attached hydrogen (secondary N) is 1. The molecule has 1 aliphatic heterocycles. The molecule has 1 unspecified atom stereocenters. The fraction of sp³-hybridized carbons (Fsp3) is 0.381. The number of nitrogens with two attached hydrogens (primary N) is 1. The van der Waals surface area contributed by atoms with Crippen LogP contribution in [-0.2, 0) is 19.1 Å². The fourth-order valence-electron chi connectivity index (χ4n) is 3.46. The van der Waals surface area contributed by atoms with Crippen molar-refractivity contribution in [2.45, 2.75) is 18.9 Å². The summed E-state index contributed by atoms with van der Waals surface area (Å²) in [4.78, 5) is 38.3. The van der Waals surface area contributed by atoms with Gasteiger partial charge in [0.05, 0.1) is 21.9 Å². The predicted molar refractivity (Wildman–Crippen MR) is 130 cm³/mol. The molecule has 0 radical (unpaired) electrons. The van der Waals surface area contributed by atoms with Gasteiger partial charge >= 0.3 is 5.97 Å². The third-order valence-corrected chi connectivity index (χ3v) is 7.21. The first-order valence-electron chi connectivity index (χ1n) is 9.76. The molecule has 2 aromatic rings. The molecule has 7 nitrogen and oxygen atoms in total. The van der Waals surface area contributed by atoms with Crippen LogP contribution in [0.25, 0.3) is 16.2 Å². The van der Waals surface area contributed by atoms with Crippen molar-refractivity contribution in [3.8, 4) is 0 Å². The number of esters is 1. The van der Waals surface area contributed by atoms with Gasteiger partial charge in [-0.05, 0) is 47.4 Å². The van der Waals surface area contributed by atoms with Crippen molar-refractivity contribution in [1.29, 1.82) is 0 Å². The van der Waals surface area contributed by atoms with Crippen molar-refractivity contribution in [3.05, 3.63) is 39.2 Å². The first-order valence-corrected chi connectivity index (χ1v) is 11.4. The summed E-state index contributed by atoms with van der Waals surface area (Å²) in [6, 6.07) is 2.99. The molecule has 1 aromatic carbocycles. The average Bonchev–Trinajstić information content (AvgIpc) is 3.26. The molecule has 0 saturated carbocycles. The second kappa shape index (κ2) is 11.9. The number of fused-ring (bicyclic) bond motifs is 1. The van der Waals surface area contributed by atoms with E-state index in [4.69, 9.17) is 28.9 Å². The van der Waals surface area contributed by atoms with Gasteiger partial charge in [0, 0.05) is 31.6 Å². The first-order chi connectivity index (χ1) is 14.8. The molecule has 32 heavy (non-hydrogen) atoms. The van der Waals surface area contributed by atoms with Crippen molar-refractivity contribution in [2.24, 2.45) is 11.7 Å². The van der Waals surface area contributed by atoms with Crippen LogP contribution in [0.3, 0.4) is 0 Å². The van der Waals surface area contributed by atoms with Crippen molar-refractivity contribution >= 4 is 80.9 Å². The Bertz CT molecular complexity index is 1020. The Balaban J connectivity index is 0.00000363. The van der Waals surface area contributed by atoms with Gasteiger partial charge in [0.1, 0.15) is 6.04 Å². The Morgan fingerprint density at radius 3 is 2.62 bits per heavy atom. The van der Waals surface area contributed by atoms with Crippen LogP contribution in [0.15, 0.2) is 23.6 Å². The Hall–Kier alpha value is -1.84. The molecule has 1 aromatic heterocycles. The highest BCUT2D eigenvalue weighted by molar-refractivity contribution is 7.18. The summed E-state index contributed by atoms with van der Waals surface area (Å²) in [6.07, 6.45) is 4.13. The number of rotatable bonds is 6. The van der Waals surface area contributed by atoms with E-state index in [0.717, 1.165) is 10.1 Å². The summed E-state index contributed by atoms with van der Waals surface area (Å²) >= 11 is 14.2. The molecule has 3 rings (SSSR count). The molecular formula is C21H24Cl3N3O4S. The normalized spacial score (nSPS) is 15.4. The first kappa shape index (κ1) is 26.4. The van der Waals surface area contributed by atoms with Gasteiger partial charge < -0.3 is 20.7 Å². The maximum atomic E-state index is 12.6. The number of carbonyl (C=O) groups excluding carboxylic acids is 3. The third-order valence-electron chi connectivity index (χ3n) is 5.27. The summed E-state index contributed by atoms with van der Waals surface area (Å²) in [5.74, 6) is -1.28. The highest BCUT2D eigenvalue weighted by Crippen LogP contribution is 2.37. The summed E-state index contributed by atoms with van der Waals surface area (Å²) in [5, 5.41) is 6.43. The minimum Gasteiger partial charge on any atom is -0.467 e. The number of likely N-dealkylation sites (tertiary alicyclic amines) is 1. The van der Waals surface area contributed by atoms with Crippen LogP contribution in [0, 0.1) is 5.92 Å². The number of halogens is 3. The number of piperidine rings is 1. The van der Waals surface area contributed by atoms with Crippen molar-refractivity contribution in [2.75, 3.05) is 26.7 Å². The standard InChI is InChI=1S/C21H23Cl2N3O4S.ClH/c1-30-21(29)15(11-24)25-20(28)12-4-7-26(8-5-12)16(27)3-2-13-10-14-6-9-31-19(14)18(23)17(13)22;/h2-3,6,9-10,12,15H,4-5,7-8,11,24H2,1H3,(H,25,28);1H. The van der Waals surface area contributed by atoms with Gasteiger partial charge in [-0.1, -0.05) is 23.2 Å². The predicted octanol–water partition coefficient (Wildman–Crippen LogP) is 3.50. The second-order valence-electron chi connectivity index (χ2n) is 7.19. The van der Waals surface area contributed by atoms with Gasteiger partial charge in [0.25, 0.3) is 0 Å². The van der Waals surface area contributed by atoms with E-state index in [1.54, 1.807) is 11.0 Å². The van der Waals surface area contributed by atoms with Gasteiger partial charge in [-0.25, -0.2) is 4.79 Å². The summed E-state index contributed by atoms with van der Waals surface area (Å²) < 4.78 is 5.54. The minimum absolute atomic E-state index is 0. The van der Waals surface area contributed by atoms with Crippen LogP contribution >= 0.6 is 46.9 Å². The number of methoxy groups -OCH3 is 1. The number of ether oxygens (including phenoxy) is 1. The van der Waals surface area contributed by atoms with Gasteiger partial charge in [-0.15, -0.1) is 23.7 Å². The van der Waals surface area contributed by atoms with Crippen LogP contribution in [0.1, 0.15) is 18.4 Å². The quantitative estimate of drug-likeness (QED) is 0.448. The third kappa shape index (κ3) is 5.94. The minimum atomic E-state index is -0.864. The van der Waals surface area contributed by atoms with Gasteiger partial charge in [-0.3, -0.25) is 9.59 Å². The Kier molecular flexibility index (Phi) is 9.79. The average molecular weight is 521 g/mol. The fourth-order valence-corrected chi connectivity index (χ4v) is 4.90. The van der Waals surface area contributed by atoms with Gasteiger partial charge in [0.2, 0.25) is 11.8 Å². The number of benzene rings is 1. The molecule has 1 saturated heterocycles. The highest BCUT2D eigenvalue weighted by atomic mass is 35.5. The molecule has 1 atom stereocenters. The Morgan fingerprint density at radius 2 is 2.00 bits per heavy atom. The number of hydrogen-bond acceptors (Lipinski definition) is 6. The summed E-state index contributed by atoms with van der Waals surface area (Å²) in [7, 11) is 1.24. The summed E-state index contributed by atoms with van der Waals surface area (Å²) in [6.45, 7) is 0.833. The zero-order valence-electron chi connectivity index (χ0n) is 17.3. The maximum absolute atomic E-state index is 12.6. The van der Waals surface area contributed by atoms with E-state index < -0.39 is 12.0 Å². The molecule has 0 bridgehead atoms. The summed E-state index contributed by atoms with van der Waals surface area (Å²) in [5.41, 5.74) is 6.20. The molecule has 2 heterocycles. The van der Waals surface area contributed by atoms with Crippen LogP contribution < -0.4 is 11.1 Å². The Labute approximate surface area is 206 Å². The SMILES string of the molecule is COC(=O)C(CN)NC(=O)C1CCN(C(=O)C=Cc2cc3ccsc3c(Cl)c2Cl)CC1.Cl. The molecule has 1 fully saturated rings. The van der Waals surface area contributed by atoms with E-state index in [-0.39, 0.29) is 36.7 Å². The highest BCUT2D eigenvalue weighted by Gasteiger charge is 2.29. The van der Waals surface area contributed by atoms with E-state index in [0.29, 0.717) is 41.5 Å². The second-order valence-corrected chi connectivity index (χ2v) is 8.86. The van der Waals surface area contributed by atoms with E-state index in [1.165, 1.54) is 24.5 Å². The number of hydrogen-bond donors (Lipinski definition) is 2. The maximum Gasteiger partial charge on any atom is 0.329 e. The zero-order valence-corrected chi connectivity index (χ0v) is 20.5. The van der Waals surface area contributed by atoms with Gasteiger partial charge in [0.15, 0.2) is 0 Å². The van der Waals surface area contributed by atoms with E-state index >= 15 is 0 Å². The molecule has 3 N–H and O–H groups in total. The van der Waals surface area contributed by atoms with Crippen LogP contribution in [0.2, 0.25) is 10.0 Å². The topological polar surface area (TPSA) is 102 Å². The number of nitrogens with zero attached hydrogens (tertiary/aromatic N) is 1. The molecule has 0 spiro atoms. The lowest BCUT2D eigenvalue weighted by molar-refractivity contribution is -0.145. The van der Waals surface area contributed by atoms with E-state index in [9.17, 15) is 14.4 Å². The van der Waals surface area contributed by atoms with Crippen molar-refractivity contribution in [3.63, 3.8) is 0 Å². The lowest BCUT2D eigenvalue weighted by Crippen LogP contribution is -2.50. The number of thiophene rings is 1. The largest absolute Gasteiger partial charge is 0.467 e. The van der Waals surface area contributed by atoms with Crippen LogP contribution in [0.5, 0.6) is 0 Å². The monoisotopic (exact) mass is 519 g/mol. The molecule has 0 aliphatic carbocycles. The van der Waals surface area contributed by atoms with Crippen LogP contribution in [-0.4, -0.2) is 55.5 Å². The van der Waals surface area contributed by atoms with E-state index in [1.807, 2.05) is 17.5 Å². The molecule has 174 valence electrons. The molecule has 11 heteroatoms. The lowest BCUT2D eigenvalue weighted by Gasteiger charge is -2.31. The van der Waals surface area contributed by atoms with Gasteiger partial charge in [-0.2, -0.15) is 0 Å². The zero-order chi connectivity index (χ0) is 22.5. The molecular weight excluding hydrogens is 497 g/mol. The number of amides is 2. The lowest BCUT2D eigenvalue weighted by atomic mass is 9.95. The van der Waals surface area contributed by atoms with E-state index in [2.05, 4.69) is 10.1 Å².